The lowest BCUT2D eigenvalue weighted by molar-refractivity contribution is -0.384. The third-order valence-corrected chi connectivity index (χ3v) is 4.66. The molecule has 0 bridgehead atoms. The molecular formula is C20H17FN4O4. The van der Waals surface area contributed by atoms with Crippen LogP contribution in [-0.4, -0.2) is 51.8 Å². The van der Waals surface area contributed by atoms with Crippen molar-refractivity contribution < 1.29 is 18.8 Å². The van der Waals surface area contributed by atoms with Crippen LogP contribution in [0, 0.1) is 15.9 Å². The number of aromatic nitrogens is 2. The fourth-order valence-corrected chi connectivity index (χ4v) is 3.20. The predicted octanol–water partition coefficient (Wildman–Crippen LogP) is 3.06. The van der Waals surface area contributed by atoms with Gasteiger partial charge >= 0.3 is 0 Å². The lowest BCUT2D eigenvalue weighted by atomic mass is 10.1. The summed E-state index contributed by atoms with van der Waals surface area (Å²) in [4.78, 5) is 25.4. The summed E-state index contributed by atoms with van der Waals surface area (Å²) in [5, 5.41) is 15.6. The number of ether oxygens (including phenoxy) is 1. The van der Waals surface area contributed by atoms with Crippen molar-refractivity contribution in [2.75, 3.05) is 26.3 Å². The Balaban J connectivity index is 1.84. The number of amides is 1. The van der Waals surface area contributed by atoms with Gasteiger partial charge in [-0.05, 0) is 24.3 Å². The average Bonchev–Trinajstić information content (AvgIpc) is 3.19. The van der Waals surface area contributed by atoms with Gasteiger partial charge in [-0.25, -0.2) is 9.07 Å². The van der Waals surface area contributed by atoms with Gasteiger partial charge in [0.25, 0.3) is 11.6 Å². The number of nitro benzene ring substituents is 1. The first kappa shape index (κ1) is 18.8. The largest absolute Gasteiger partial charge is 0.378 e. The van der Waals surface area contributed by atoms with E-state index in [0.717, 1.165) is 0 Å². The van der Waals surface area contributed by atoms with E-state index in [-0.39, 0.29) is 28.5 Å². The first-order valence-electron chi connectivity index (χ1n) is 9.01. The smallest absolute Gasteiger partial charge is 0.272 e. The predicted molar refractivity (Wildman–Crippen MR) is 102 cm³/mol. The van der Waals surface area contributed by atoms with Gasteiger partial charge in [0.05, 0.1) is 29.5 Å². The van der Waals surface area contributed by atoms with Crippen LogP contribution in [0.5, 0.6) is 0 Å². The Morgan fingerprint density at radius 1 is 1.10 bits per heavy atom. The molecule has 2 aromatic carbocycles. The number of hydrogen-bond acceptors (Lipinski definition) is 5. The normalized spacial score (nSPS) is 14.0. The highest BCUT2D eigenvalue weighted by Gasteiger charge is 2.25. The zero-order valence-electron chi connectivity index (χ0n) is 15.3. The molecule has 1 saturated heterocycles. The summed E-state index contributed by atoms with van der Waals surface area (Å²) in [6.07, 6.45) is 0. The third kappa shape index (κ3) is 3.72. The molecule has 8 nitrogen and oxygen atoms in total. The SMILES string of the molecule is O=C(c1cc(-c2ccccc2F)nn1-c1cccc([N+](=O)[O-])c1)N1CCOCC1. The van der Waals surface area contributed by atoms with Crippen molar-refractivity contribution in [3.63, 3.8) is 0 Å². The molecule has 1 aliphatic heterocycles. The molecule has 2 heterocycles. The highest BCUT2D eigenvalue weighted by atomic mass is 19.1. The van der Waals surface area contributed by atoms with E-state index in [4.69, 9.17) is 4.74 Å². The van der Waals surface area contributed by atoms with Crippen LogP contribution in [0.4, 0.5) is 10.1 Å². The standard InChI is InChI=1S/C20H17FN4O4/c21-17-7-2-1-6-16(17)18-13-19(20(26)23-8-10-29-11-9-23)24(22-18)14-4-3-5-15(12-14)25(27)28/h1-7,12-13H,8-11H2. The van der Waals surface area contributed by atoms with Crippen LogP contribution in [0.25, 0.3) is 16.9 Å². The number of halogens is 1. The van der Waals surface area contributed by atoms with E-state index in [0.29, 0.717) is 32.0 Å². The summed E-state index contributed by atoms with van der Waals surface area (Å²) < 4.78 is 20.9. The number of carbonyl (C=O) groups excluding carboxylic acids is 1. The summed E-state index contributed by atoms with van der Waals surface area (Å²) in [5.74, 6) is -0.767. The van der Waals surface area contributed by atoms with E-state index in [9.17, 15) is 19.3 Å². The van der Waals surface area contributed by atoms with Gasteiger partial charge in [-0.15, -0.1) is 0 Å². The number of nitro groups is 1. The van der Waals surface area contributed by atoms with Crippen LogP contribution in [0.15, 0.2) is 54.6 Å². The number of nitrogens with zero attached hydrogens (tertiary/aromatic N) is 4. The summed E-state index contributed by atoms with van der Waals surface area (Å²) in [6.45, 7) is 1.70. The average molecular weight is 396 g/mol. The molecule has 0 radical (unpaired) electrons. The zero-order chi connectivity index (χ0) is 20.4. The maximum absolute atomic E-state index is 14.3. The molecule has 0 N–H and O–H groups in total. The number of morpholine rings is 1. The fourth-order valence-electron chi connectivity index (χ4n) is 3.20. The summed E-state index contributed by atoms with van der Waals surface area (Å²) >= 11 is 0. The minimum atomic E-state index is -0.520. The van der Waals surface area contributed by atoms with Crippen LogP contribution in [0.1, 0.15) is 10.5 Å². The molecule has 29 heavy (non-hydrogen) atoms. The minimum absolute atomic E-state index is 0.129. The summed E-state index contributed by atoms with van der Waals surface area (Å²) in [5.41, 5.74) is 0.929. The Labute approximate surface area is 165 Å². The minimum Gasteiger partial charge on any atom is -0.378 e. The van der Waals surface area contributed by atoms with Gasteiger partial charge in [0, 0.05) is 30.8 Å². The number of benzene rings is 2. The van der Waals surface area contributed by atoms with Gasteiger partial charge in [-0.3, -0.25) is 14.9 Å². The molecule has 0 spiro atoms. The van der Waals surface area contributed by atoms with Crippen LogP contribution < -0.4 is 0 Å². The molecule has 148 valence electrons. The van der Waals surface area contributed by atoms with Gasteiger partial charge < -0.3 is 9.64 Å². The number of rotatable bonds is 4. The van der Waals surface area contributed by atoms with Crippen molar-refractivity contribution in [2.24, 2.45) is 0 Å². The van der Waals surface area contributed by atoms with Gasteiger partial charge in [-0.1, -0.05) is 18.2 Å². The van der Waals surface area contributed by atoms with Gasteiger partial charge in [0.2, 0.25) is 0 Å². The topological polar surface area (TPSA) is 90.5 Å². The van der Waals surface area contributed by atoms with Crippen molar-refractivity contribution in [1.82, 2.24) is 14.7 Å². The number of non-ortho nitro benzene ring substituents is 1. The highest BCUT2D eigenvalue weighted by molar-refractivity contribution is 5.94. The van der Waals surface area contributed by atoms with Crippen LogP contribution in [0.3, 0.4) is 0 Å². The highest BCUT2D eigenvalue weighted by Crippen LogP contribution is 2.26. The second-order valence-electron chi connectivity index (χ2n) is 6.49. The van der Waals surface area contributed by atoms with E-state index in [2.05, 4.69) is 5.10 Å². The molecule has 3 aromatic rings. The van der Waals surface area contributed by atoms with E-state index < -0.39 is 10.7 Å². The van der Waals surface area contributed by atoms with E-state index >= 15 is 0 Å². The van der Waals surface area contributed by atoms with Crippen molar-refractivity contribution in [3.05, 3.63) is 76.2 Å². The molecule has 4 rings (SSSR count). The van der Waals surface area contributed by atoms with Gasteiger partial charge in [0.1, 0.15) is 11.5 Å². The maximum atomic E-state index is 14.3. The Morgan fingerprint density at radius 3 is 2.59 bits per heavy atom. The molecular weight excluding hydrogens is 379 g/mol. The van der Waals surface area contributed by atoms with Crippen molar-refractivity contribution in [3.8, 4) is 16.9 Å². The molecule has 0 atom stereocenters. The number of hydrogen-bond donors (Lipinski definition) is 0. The van der Waals surface area contributed by atoms with E-state index in [1.807, 2.05) is 0 Å². The quantitative estimate of drug-likeness (QED) is 0.499. The molecule has 1 fully saturated rings. The Bertz CT molecular complexity index is 1080. The maximum Gasteiger partial charge on any atom is 0.272 e. The first-order chi connectivity index (χ1) is 14.0. The molecule has 1 aliphatic rings. The van der Waals surface area contributed by atoms with Crippen molar-refractivity contribution in [1.29, 1.82) is 0 Å². The second-order valence-corrected chi connectivity index (χ2v) is 6.49. The first-order valence-corrected chi connectivity index (χ1v) is 9.01. The Kier molecular flexibility index (Phi) is 5.05. The van der Waals surface area contributed by atoms with E-state index in [1.54, 1.807) is 29.2 Å². The third-order valence-electron chi connectivity index (χ3n) is 4.66. The summed E-state index contributed by atoms with van der Waals surface area (Å²) in [7, 11) is 0. The molecule has 0 unspecified atom stereocenters. The van der Waals surface area contributed by atoms with Crippen molar-refractivity contribution >= 4 is 11.6 Å². The molecule has 0 saturated carbocycles. The molecule has 0 aliphatic carbocycles. The monoisotopic (exact) mass is 396 g/mol. The van der Waals surface area contributed by atoms with Crippen LogP contribution >= 0.6 is 0 Å². The van der Waals surface area contributed by atoms with Gasteiger partial charge in [-0.2, -0.15) is 5.10 Å². The summed E-state index contributed by atoms with van der Waals surface area (Å²) in [6, 6.07) is 13.4. The second kappa shape index (κ2) is 7.80. The van der Waals surface area contributed by atoms with Gasteiger partial charge in [0.15, 0.2) is 0 Å². The zero-order valence-corrected chi connectivity index (χ0v) is 15.3. The lowest BCUT2D eigenvalue weighted by Crippen LogP contribution is -2.41. The van der Waals surface area contributed by atoms with E-state index in [1.165, 1.54) is 35.0 Å². The Hall–Kier alpha value is -3.59. The molecule has 1 aromatic heterocycles. The van der Waals surface area contributed by atoms with Crippen LogP contribution in [0.2, 0.25) is 0 Å². The van der Waals surface area contributed by atoms with Crippen molar-refractivity contribution in [2.45, 2.75) is 0 Å². The fraction of sp³-hybridized carbons (Fsp3) is 0.200. The lowest BCUT2D eigenvalue weighted by Gasteiger charge is -2.26. The molecule has 9 heteroatoms. The molecule has 1 amide bonds. The number of carbonyl (C=O) groups is 1. The Morgan fingerprint density at radius 2 is 1.86 bits per heavy atom. The van der Waals surface area contributed by atoms with Crippen LogP contribution in [-0.2, 0) is 4.74 Å².